The number of anilines is 1. The predicted octanol–water partition coefficient (Wildman–Crippen LogP) is 0.781. The van der Waals surface area contributed by atoms with E-state index >= 15 is 0 Å². The molecule has 2 aliphatic heterocycles. The summed E-state index contributed by atoms with van der Waals surface area (Å²) in [4.78, 5) is 35.4. The van der Waals surface area contributed by atoms with Crippen molar-refractivity contribution in [3.63, 3.8) is 0 Å². The fraction of sp³-hybridized carbons (Fsp3) is 0.308. The largest absolute Gasteiger partial charge is 0.453 e. The van der Waals surface area contributed by atoms with E-state index in [2.05, 4.69) is 5.32 Å². The molecule has 5 nitrogen and oxygen atoms in total. The molecule has 1 spiro atoms. The average Bonchev–Trinajstić information content (AvgIpc) is 2.81. The van der Waals surface area contributed by atoms with Gasteiger partial charge in [-0.25, -0.2) is 0 Å². The summed E-state index contributed by atoms with van der Waals surface area (Å²) < 4.78 is 5.04. The number of cyclic esters (lactones) is 1. The first-order valence-electron chi connectivity index (χ1n) is 5.66. The Morgan fingerprint density at radius 1 is 1.39 bits per heavy atom. The quantitative estimate of drug-likeness (QED) is 0.742. The molecule has 1 aromatic carbocycles. The highest BCUT2D eigenvalue weighted by atomic mass is 16.6. The molecule has 1 fully saturated rings. The van der Waals surface area contributed by atoms with Crippen molar-refractivity contribution in [2.24, 2.45) is 0 Å². The van der Waals surface area contributed by atoms with Crippen molar-refractivity contribution >= 4 is 23.3 Å². The van der Waals surface area contributed by atoms with Gasteiger partial charge in [0, 0.05) is 5.69 Å². The van der Waals surface area contributed by atoms with Crippen LogP contribution in [-0.2, 0) is 24.5 Å². The van der Waals surface area contributed by atoms with Crippen LogP contribution in [0.15, 0.2) is 24.3 Å². The molecule has 0 saturated carbocycles. The van der Waals surface area contributed by atoms with E-state index in [1.807, 2.05) is 0 Å². The molecule has 0 unspecified atom stereocenters. The van der Waals surface area contributed by atoms with E-state index in [1.165, 1.54) is 6.92 Å². The van der Waals surface area contributed by atoms with Crippen LogP contribution in [0.1, 0.15) is 18.9 Å². The van der Waals surface area contributed by atoms with Crippen molar-refractivity contribution in [2.45, 2.75) is 24.9 Å². The molecule has 18 heavy (non-hydrogen) atoms. The second-order valence-electron chi connectivity index (χ2n) is 4.63. The van der Waals surface area contributed by atoms with E-state index in [0.717, 1.165) is 0 Å². The number of hydrogen-bond acceptors (Lipinski definition) is 4. The summed E-state index contributed by atoms with van der Waals surface area (Å²) in [6, 6.07) is 7.08. The number of para-hydroxylation sites is 1. The van der Waals surface area contributed by atoms with Crippen LogP contribution in [0.5, 0.6) is 0 Å². The maximum Gasteiger partial charge on any atom is 0.308 e. The molecule has 0 bridgehead atoms. The molecule has 1 saturated heterocycles. The number of carbonyl (C=O) groups is 3. The minimum atomic E-state index is -1.18. The van der Waals surface area contributed by atoms with Crippen LogP contribution >= 0.6 is 0 Å². The van der Waals surface area contributed by atoms with E-state index in [0.29, 0.717) is 11.3 Å². The summed E-state index contributed by atoms with van der Waals surface area (Å²) in [6.07, 6.45) is -1.10. The Morgan fingerprint density at radius 2 is 2.11 bits per heavy atom. The standard InChI is InChI=1S/C13H11NO4/c1-7(15)11-13(6-10(16)18-11)8-4-2-3-5-9(8)14-12(13)17/h2-5,11H,6H2,1H3,(H,14,17)/t11-,13+/m1/s1. The maximum absolute atomic E-state index is 12.2. The molecule has 2 aliphatic rings. The number of Topliss-reactive ketones (excluding diaryl/α,β-unsaturated/α-hetero) is 1. The summed E-state index contributed by atoms with van der Waals surface area (Å²) in [5.41, 5.74) is 0.132. The number of ketones is 1. The summed E-state index contributed by atoms with van der Waals surface area (Å²) in [6.45, 7) is 1.33. The monoisotopic (exact) mass is 245 g/mol. The lowest BCUT2D eigenvalue weighted by molar-refractivity contribution is -0.147. The van der Waals surface area contributed by atoms with Crippen molar-refractivity contribution in [1.29, 1.82) is 0 Å². The van der Waals surface area contributed by atoms with Gasteiger partial charge in [-0.3, -0.25) is 14.4 Å². The number of esters is 1. The van der Waals surface area contributed by atoms with E-state index < -0.39 is 17.5 Å². The third kappa shape index (κ3) is 1.19. The van der Waals surface area contributed by atoms with Gasteiger partial charge in [0.05, 0.1) is 6.42 Å². The van der Waals surface area contributed by atoms with Crippen LogP contribution in [0.25, 0.3) is 0 Å². The molecule has 92 valence electrons. The molecule has 2 heterocycles. The molecule has 0 aliphatic carbocycles. The number of carbonyl (C=O) groups excluding carboxylic acids is 3. The Labute approximate surface area is 103 Å². The van der Waals surface area contributed by atoms with Crippen molar-refractivity contribution in [3.8, 4) is 0 Å². The van der Waals surface area contributed by atoms with Gasteiger partial charge in [0.25, 0.3) is 0 Å². The lowest BCUT2D eigenvalue weighted by Gasteiger charge is -2.24. The fourth-order valence-corrected chi connectivity index (χ4v) is 2.80. The molecule has 2 atom stereocenters. The van der Waals surface area contributed by atoms with Gasteiger partial charge < -0.3 is 10.1 Å². The van der Waals surface area contributed by atoms with Gasteiger partial charge in [0.1, 0.15) is 5.41 Å². The van der Waals surface area contributed by atoms with Crippen LogP contribution in [0.4, 0.5) is 5.69 Å². The first-order chi connectivity index (χ1) is 8.55. The summed E-state index contributed by atoms with van der Waals surface area (Å²) in [5, 5.41) is 2.71. The zero-order valence-electron chi connectivity index (χ0n) is 9.73. The molecule has 5 heteroatoms. The Morgan fingerprint density at radius 3 is 2.83 bits per heavy atom. The highest BCUT2D eigenvalue weighted by molar-refractivity contribution is 6.13. The summed E-state index contributed by atoms with van der Waals surface area (Å²) >= 11 is 0. The molecule has 1 amide bonds. The minimum absolute atomic E-state index is 0.0832. The highest BCUT2D eigenvalue weighted by Crippen LogP contribution is 2.47. The van der Waals surface area contributed by atoms with Gasteiger partial charge in [-0.1, -0.05) is 18.2 Å². The Balaban J connectivity index is 2.22. The number of nitrogens with one attached hydrogen (secondary N) is 1. The molecule has 3 rings (SSSR count). The van der Waals surface area contributed by atoms with Crippen LogP contribution in [0, 0.1) is 0 Å². The normalized spacial score (nSPS) is 29.1. The van der Waals surface area contributed by atoms with E-state index in [-0.39, 0.29) is 18.1 Å². The van der Waals surface area contributed by atoms with Crippen molar-refractivity contribution in [1.82, 2.24) is 0 Å². The van der Waals surface area contributed by atoms with Gasteiger partial charge in [-0.2, -0.15) is 0 Å². The average molecular weight is 245 g/mol. The van der Waals surface area contributed by atoms with Crippen molar-refractivity contribution in [3.05, 3.63) is 29.8 Å². The Bertz CT molecular complexity index is 580. The zero-order chi connectivity index (χ0) is 12.9. The van der Waals surface area contributed by atoms with Gasteiger partial charge in [0.2, 0.25) is 5.91 Å². The lowest BCUT2D eigenvalue weighted by atomic mass is 9.74. The van der Waals surface area contributed by atoms with Gasteiger partial charge in [0.15, 0.2) is 11.9 Å². The molecule has 0 radical (unpaired) electrons. The first-order valence-corrected chi connectivity index (χ1v) is 5.66. The topological polar surface area (TPSA) is 72.5 Å². The maximum atomic E-state index is 12.2. The number of rotatable bonds is 1. The number of amides is 1. The molecule has 1 aromatic rings. The number of hydrogen-bond donors (Lipinski definition) is 1. The van der Waals surface area contributed by atoms with Gasteiger partial charge >= 0.3 is 5.97 Å². The summed E-state index contributed by atoms with van der Waals surface area (Å²) in [5.74, 6) is -1.16. The SMILES string of the molecule is CC(=O)[C@H]1OC(=O)C[C@@]12C(=O)Nc1ccccc12. The van der Waals surface area contributed by atoms with E-state index in [1.54, 1.807) is 24.3 Å². The van der Waals surface area contributed by atoms with Gasteiger partial charge in [-0.05, 0) is 18.6 Å². The minimum Gasteiger partial charge on any atom is -0.453 e. The summed E-state index contributed by atoms with van der Waals surface area (Å²) in [7, 11) is 0. The van der Waals surface area contributed by atoms with E-state index in [9.17, 15) is 14.4 Å². The third-order valence-corrected chi connectivity index (χ3v) is 3.55. The van der Waals surface area contributed by atoms with Crippen molar-refractivity contribution < 1.29 is 19.1 Å². The fourth-order valence-electron chi connectivity index (χ4n) is 2.80. The second-order valence-corrected chi connectivity index (χ2v) is 4.63. The first kappa shape index (κ1) is 11.0. The highest BCUT2D eigenvalue weighted by Gasteiger charge is 2.61. The predicted molar refractivity (Wildman–Crippen MR) is 61.9 cm³/mol. The molecular formula is C13H11NO4. The number of benzene rings is 1. The van der Waals surface area contributed by atoms with E-state index in [4.69, 9.17) is 4.74 Å². The van der Waals surface area contributed by atoms with Crippen LogP contribution in [-0.4, -0.2) is 23.8 Å². The third-order valence-electron chi connectivity index (χ3n) is 3.55. The second kappa shape index (κ2) is 3.41. The zero-order valence-corrected chi connectivity index (χ0v) is 9.73. The smallest absolute Gasteiger partial charge is 0.308 e. The van der Waals surface area contributed by atoms with Crippen LogP contribution in [0.2, 0.25) is 0 Å². The number of fused-ring (bicyclic) bond motifs is 2. The van der Waals surface area contributed by atoms with Crippen LogP contribution < -0.4 is 5.32 Å². The lowest BCUT2D eigenvalue weighted by Crippen LogP contribution is -2.45. The molecule has 1 N–H and O–H groups in total. The molecule has 0 aromatic heterocycles. The molecular weight excluding hydrogens is 234 g/mol. The Hall–Kier alpha value is -2.17. The van der Waals surface area contributed by atoms with Crippen molar-refractivity contribution in [2.75, 3.05) is 5.32 Å². The van der Waals surface area contributed by atoms with Crippen LogP contribution in [0.3, 0.4) is 0 Å². The Kier molecular flexibility index (Phi) is 2.08. The number of ether oxygens (including phenoxy) is 1. The van der Waals surface area contributed by atoms with Gasteiger partial charge in [-0.15, -0.1) is 0 Å².